The van der Waals surface area contributed by atoms with Gasteiger partial charge in [-0.15, -0.1) is 0 Å². The third kappa shape index (κ3) is 4.98. The summed E-state index contributed by atoms with van der Waals surface area (Å²) in [5.74, 6) is 0.755. The van der Waals surface area contributed by atoms with Gasteiger partial charge in [0.25, 0.3) is 0 Å². The number of hydrogen-bond acceptors (Lipinski definition) is 4. The van der Waals surface area contributed by atoms with Gasteiger partial charge in [0.15, 0.2) is 0 Å². The number of likely N-dealkylation sites (tertiary alicyclic amines) is 1. The first-order chi connectivity index (χ1) is 9.97. The van der Waals surface area contributed by atoms with Crippen LogP contribution in [0.4, 0.5) is 5.69 Å². The van der Waals surface area contributed by atoms with Crippen LogP contribution >= 0.6 is 0 Å². The summed E-state index contributed by atoms with van der Waals surface area (Å²) >= 11 is 0. The summed E-state index contributed by atoms with van der Waals surface area (Å²) in [6.45, 7) is 5.96. The number of piperidine rings is 1. The minimum Gasteiger partial charge on any atom is -0.399 e. The molecule has 3 N–H and O–H groups in total. The number of sulfonamides is 1. The zero-order valence-electron chi connectivity index (χ0n) is 12.6. The lowest BCUT2D eigenvalue weighted by atomic mass is 10.0. The Balaban J connectivity index is 1.76. The van der Waals surface area contributed by atoms with E-state index in [2.05, 4.69) is 16.5 Å². The van der Waals surface area contributed by atoms with Crippen molar-refractivity contribution in [3.63, 3.8) is 0 Å². The molecule has 1 heterocycles. The van der Waals surface area contributed by atoms with Crippen molar-refractivity contribution in [1.29, 1.82) is 0 Å². The predicted octanol–water partition coefficient (Wildman–Crippen LogP) is 1.67. The van der Waals surface area contributed by atoms with E-state index in [1.165, 1.54) is 25.0 Å². The van der Waals surface area contributed by atoms with Crippen LogP contribution in [-0.4, -0.2) is 39.5 Å². The lowest BCUT2D eigenvalue weighted by Gasteiger charge is -2.30. The zero-order valence-corrected chi connectivity index (χ0v) is 13.4. The van der Waals surface area contributed by atoms with Gasteiger partial charge in [-0.1, -0.05) is 6.92 Å². The fourth-order valence-electron chi connectivity index (χ4n) is 2.73. The summed E-state index contributed by atoms with van der Waals surface area (Å²) in [5, 5.41) is 0. The molecule has 2 rings (SSSR count). The molecular formula is C15H25N3O2S. The van der Waals surface area contributed by atoms with Crippen molar-refractivity contribution in [3.05, 3.63) is 24.3 Å². The summed E-state index contributed by atoms with van der Waals surface area (Å²) < 4.78 is 26.8. The van der Waals surface area contributed by atoms with E-state index in [0.29, 0.717) is 12.2 Å². The Morgan fingerprint density at radius 3 is 2.71 bits per heavy atom. The first-order valence-electron chi connectivity index (χ1n) is 7.55. The second-order valence-corrected chi connectivity index (χ2v) is 7.64. The maximum Gasteiger partial charge on any atom is 0.240 e. The van der Waals surface area contributed by atoms with E-state index < -0.39 is 10.0 Å². The number of rotatable bonds is 6. The summed E-state index contributed by atoms with van der Waals surface area (Å²) in [6.07, 6.45) is 3.39. The molecule has 0 radical (unpaired) electrons. The molecule has 0 bridgehead atoms. The number of nitrogens with zero attached hydrogens (tertiary/aromatic N) is 1. The van der Waals surface area contributed by atoms with Crippen LogP contribution in [0.15, 0.2) is 29.2 Å². The SMILES string of the molecule is CC1CCCN(CCCNS(=O)(=O)c2ccc(N)cc2)C1. The summed E-state index contributed by atoms with van der Waals surface area (Å²) in [7, 11) is -3.41. The van der Waals surface area contributed by atoms with Crippen molar-refractivity contribution in [3.8, 4) is 0 Å². The van der Waals surface area contributed by atoms with E-state index in [-0.39, 0.29) is 4.90 Å². The third-order valence-corrected chi connectivity index (χ3v) is 5.35. The molecule has 0 saturated carbocycles. The normalized spacial score (nSPS) is 20.5. The standard InChI is InChI=1S/C15H25N3O2S/c1-13-4-2-10-18(12-13)11-3-9-17-21(19,20)15-7-5-14(16)6-8-15/h5-8,13,17H,2-4,9-12,16H2,1H3. The number of nitrogen functional groups attached to an aromatic ring is 1. The monoisotopic (exact) mass is 311 g/mol. The van der Waals surface area contributed by atoms with Crippen molar-refractivity contribution < 1.29 is 8.42 Å². The lowest BCUT2D eigenvalue weighted by Crippen LogP contribution is -2.36. The van der Waals surface area contributed by atoms with Gasteiger partial charge in [0.1, 0.15) is 0 Å². The molecule has 0 spiro atoms. The Kier molecular flexibility index (Phi) is 5.61. The van der Waals surface area contributed by atoms with Gasteiger partial charge in [-0.2, -0.15) is 0 Å². The van der Waals surface area contributed by atoms with Crippen LogP contribution in [0, 0.1) is 5.92 Å². The van der Waals surface area contributed by atoms with E-state index >= 15 is 0 Å². The molecule has 5 nitrogen and oxygen atoms in total. The maximum atomic E-state index is 12.1. The van der Waals surface area contributed by atoms with Gasteiger partial charge in [0, 0.05) is 18.8 Å². The molecule has 118 valence electrons. The molecule has 1 aliphatic heterocycles. The summed E-state index contributed by atoms with van der Waals surface area (Å²) in [5.41, 5.74) is 6.13. The minimum absolute atomic E-state index is 0.267. The van der Waals surface area contributed by atoms with E-state index in [9.17, 15) is 8.42 Å². The fraction of sp³-hybridized carbons (Fsp3) is 0.600. The van der Waals surface area contributed by atoms with Crippen molar-refractivity contribution in [2.24, 2.45) is 5.92 Å². The molecular weight excluding hydrogens is 286 g/mol. The molecule has 1 aromatic carbocycles. The molecule has 0 aromatic heterocycles. The molecule has 0 amide bonds. The molecule has 1 saturated heterocycles. The Bertz CT molecular complexity index is 543. The third-order valence-electron chi connectivity index (χ3n) is 3.87. The lowest BCUT2D eigenvalue weighted by molar-refractivity contribution is 0.182. The molecule has 1 fully saturated rings. The van der Waals surface area contributed by atoms with Crippen LogP contribution in [0.25, 0.3) is 0 Å². The van der Waals surface area contributed by atoms with Crippen LogP contribution < -0.4 is 10.5 Å². The van der Waals surface area contributed by atoms with Crippen molar-refractivity contribution in [2.45, 2.75) is 31.1 Å². The van der Waals surface area contributed by atoms with Gasteiger partial charge in [-0.3, -0.25) is 0 Å². The molecule has 1 atom stereocenters. The number of hydrogen-bond donors (Lipinski definition) is 2. The fourth-order valence-corrected chi connectivity index (χ4v) is 3.80. The van der Waals surface area contributed by atoms with Gasteiger partial charge in [-0.05, 0) is 62.5 Å². The number of benzene rings is 1. The van der Waals surface area contributed by atoms with Crippen LogP contribution in [0.3, 0.4) is 0 Å². The maximum absolute atomic E-state index is 12.1. The average molecular weight is 311 g/mol. The summed E-state index contributed by atoms with van der Waals surface area (Å²) in [6, 6.07) is 6.27. The van der Waals surface area contributed by atoms with Gasteiger partial charge < -0.3 is 10.6 Å². The van der Waals surface area contributed by atoms with E-state index in [1.807, 2.05) is 0 Å². The Morgan fingerprint density at radius 1 is 1.33 bits per heavy atom. The molecule has 6 heteroatoms. The minimum atomic E-state index is -3.41. The van der Waals surface area contributed by atoms with E-state index in [4.69, 9.17) is 5.73 Å². The van der Waals surface area contributed by atoms with E-state index in [0.717, 1.165) is 32.0 Å². The highest BCUT2D eigenvalue weighted by atomic mass is 32.2. The van der Waals surface area contributed by atoms with Crippen LogP contribution in [0.5, 0.6) is 0 Å². The first-order valence-corrected chi connectivity index (χ1v) is 9.03. The van der Waals surface area contributed by atoms with Crippen LogP contribution in [-0.2, 0) is 10.0 Å². The highest BCUT2D eigenvalue weighted by Gasteiger charge is 2.16. The van der Waals surface area contributed by atoms with Crippen LogP contribution in [0.2, 0.25) is 0 Å². The number of nitrogens with one attached hydrogen (secondary N) is 1. The highest BCUT2D eigenvalue weighted by Crippen LogP contribution is 2.15. The van der Waals surface area contributed by atoms with Crippen LogP contribution in [0.1, 0.15) is 26.2 Å². The van der Waals surface area contributed by atoms with Crippen molar-refractivity contribution >= 4 is 15.7 Å². The number of anilines is 1. The second kappa shape index (κ2) is 7.24. The highest BCUT2D eigenvalue weighted by molar-refractivity contribution is 7.89. The average Bonchev–Trinajstić information content (AvgIpc) is 2.44. The van der Waals surface area contributed by atoms with Crippen molar-refractivity contribution in [2.75, 3.05) is 31.9 Å². The molecule has 21 heavy (non-hydrogen) atoms. The van der Waals surface area contributed by atoms with Gasteiger partial charge in [0.05, 0.1) is 4.90 Å². The predicted molar refractivity (Wildman–Crippen MR) is 85.5 cm³/mol. The summed E-state index contributed by atoms with van der Waals surface area (Å²) in [4.78, 5) is 2.69. The second-order valence-electron chi connectivity index (χ2n) is 5.87. The molecule has 1 unspecified atom stereocenters. The largest absolute Gasteiger partial charge is 0.399 e. The molecule has 1 aliphatic rings. The van der Waals surface area contributed by atoms with E-state index in [1.54, 1.807) is 12.1 Å². The van der Waals surface area contributed by atoms with Gasteiger partial charge in [-0.25, -0.2) is 13.1 Å². The van der Waals surface area contributed by atoms with Gasteiger partial charge in [0.2, 0.25) is 10.0 Å². The Labute approximate surface area is 127 Å². The quantitative estimate of drug-likeness (QED) is 0.619. The van der Waals surface area contributed by atoms with Gasteiger partial charge >= 0.3 is 0 Å². The molecule has 1 aromatic rings. The zero-order chi connectivity index (χ0) is 15.3. The Hall–Kier alpha value is -1.11. The number of nitrogens with two attached hydrogens (primary N) is 1. The Morgan fingerprint density at radius 2 is 2.05 bits per heavy atom. The van der Waals surface area contributed by atoms with Crippen molar-refractivity contribution in [1.82, 2.24) is 9.62 Å². The molecule has 0 aliphatic carbocycles. The smallest absolute Gasteiger partial charge is 0.240 e. The topological polar surface area (TPSA) is 75.4 Å². The first kappa shape index (κ1) is 16.3.